The van der Waals surface area contributed by atoms with Crippen molar-refractivity contribution in [3.63, 3.8) is 0 Å². The lowest BCUT2D eigenvalue weighted by Crippen LogP contribution is -2.46. The lowest BCUT2D eigenvalue weighted by Gasteiger charge is -2.41. The van der Waals surface area contributed by atoms with Crippen molar-refractivity contribution in [3.8, 4) is 0 Å². The summed E-state index contributed by atoms with van der Waals surface area (Å²) in [6.45, 7) is 4.57. The Morgan fingerprint density at radius 1 is 1.26 bits per heavy atom. The summed E-state index contributed by atoms with van der Waals surface area (Å²) in [4.78, 5) is 18.7. The van der Waals surface area contributed by atoms with Crippen LogP contribution in [0.5, 0.6) is 0 Å². The number of aliphatic carboxylic acids is 1. The second kappa shape index (κ2) is 9.68. The fraction of sp³-hybridized carbons (Fsp3) is 0.375. The van der Waals surface area contributed by atoms with Gasteiger partial charge < -0.3 is 10.4 Å². The molecule has 0 spiro atoms. The summed E-state index contributed by atoms with van der Waals surface area (Å²) in [5, 5.41) is 20.0. The van der Waals surface area contributed by atoms with Gasteiger partial charge in [0, 0.05) is 29.8 Å². The van der Waals surface area contributed by atoms with Crippen LogP contribution in [0.25, 0.3) is 0 Å². The first kappa shape index (κ1) is 24.1. The number of anilines is 2. The Labute approximate surface area is 201 Å². The van der Waals surface area contributed by atoms with Gasteiger partial charge >= 0.3 is 5.97 Å². The van der Waals surface area contributed by atoms with E-state index < -0.39 is 23.0 Å². The van der Waals surface area contributed by atoms with Gasteiger partial charge in [0.15, 0.2) is 5.82 Å². The van der Waals surface area contributed by atoms with E-state index in [0.717, 1.165) is 5.69 Å². The minimum absolute atomic E-state index is 0.0446. The summed E-state index contributed by atoms with van der Waals surface area (Å²) in [6.07, 6.45) is 0.523. The molecule has 10 heteroatoms. The van der Waals surface area contributed by atoms with Crippen LogP contribution in [0.15, 0.2) is 36.4 Å². The molecule has 0 radical (unpaired) electrons. The van der Waals surface area contributed by atoms with Gasteiger partial charge in [-0.05, 0) is 58.0 Å². The zero-order valence-electron chi connectivity index (χ0n) is 18.9. The van der Waals surface area contributed by atoms with E-state index >= 15 is 0 Å². The highest BCUT2D eigenvalue weighted by Gasteiger charge is 2.43. The molecule has 1 aromatic carbocycles. The van der Waals surface area contributed by atoms with Crippen LogP contribution < -0.4 is 5.32 Å². The number of pyridine rings is 1. The molecule has 3 aromatic rings. The summed E-state index contributed by atoms with van der Waals surface area (Å²) in [7, 11) is 0. The number of H-pyrrole nitrogens is 1. The topological polar surface area (TPSA) is 94.1 Å². The number of likely N-dealkylation sites (tertiary alicyclic amines) is 1. The number of aromatic nitrogens is 3. The molecule has 0 bridgehead atoms. The average molecular weight is 490 g/mol. The molecule has 0 amide bonds. The molecule has 0 saturated carbocycles. The second-order valence-corrected chi connectivity index (χ2v) is 9.21. The van der Waals surface area contributed by atoms with Gasteiger partial charge in [0.05, 0.1) is 16.1 Å². The molecule has 2 aromatic heterocycles. The summed E-state index contributed by atoms with van der Waals surface area (Å²) < 4.78 is 29.1. The number of aromatic amines is 1. The summed E-state index contributed by atoms with van der Waals surface area (Å²) in [5.74, 6) is -1.09. The number of hydrogen-bond donors (Lipinski definition) is 3. The Morgan fingerprint density at radius 3 is 2.65 bits per heavy atom. The van der Waals surface area contributed by atoms with E-state index in [2.05, 4.69) is 20.5 Å². The molecule has 3 N–H and O–H groups in total. The third-order valence-corrected chi connectivity index (χ3v) is 6.87. The minimum atomic E-state index is -1.17. The Hall–Kier alpha value is -3.04. The van der Waals surface area contributed by atoms with Gasteiger partial charge in [0.1, 0.15) is 17.5 Å². The second-order valence-electron chi connectivity index (χ2n) is 8.80. The number of halogens is 3. The van der Waals surface area contributed by atoms with Gasteiger partial charge in [0.25, 0.3) is 0 Å². The minimum Gasteiger partial charge on any atom is -0.481 e. The lowest BCUT2D eigenvalue weighted by molar-refractivity contribution is -0.152. The highest BCUT2D eigenvalue weighted by molar-refractivity contribution is 6.30. The van der Waals surface area contributed by atoms with E-state index in [4.69, 9.17) is 11.6 Å². The highest BCUT2D eigenvalue weighted by atomic mass is 35.5. The third-order valence-electron chi connectivity index (χ3n) is 6.57. The monoisotopic (exact) mass is 489 g/mol. The van der Waals surface area contributed by atoms with Crippen LogP contribution in [-0.2, 0) is 11.2 Å². The van der Waals surface area contributed by atoms with Gasteiger partial charge in [-0.1, -0.05) is 23.7 Å². The van der Waals surface area contributed by atoms with Crippen molar-refractivity contribution >= 4 is 29.2 Å². The van der Waals surface area contributed by atoms with Crippen molar-refractivity contribution in [2.75, 3.05) is 18.4 Å². The van der Waals surface area contributed by atoms with Crippen LogP contribution in [0, 0.1) is 24.0 Å². The van der Waals surface area contributed by atoms with E-state index in [9.17, 15) is 18.7 Å². The molecular formula is C24H26ClF2N5O2. The van der Waals surface area contributed by atoms with Crippen LogP contribution in [0.2, 0.25) is 5.02 Å². The van der Waals surface area contributed by atoms with Crippen LogP contribution in [0.1, 0.15) is 42.8 Å². The number of benzene rings is 1. The first-order valence-electron chi connectivity index (χ1n) is 11.0. The fourth-order valence-electron chi connectivity index (χ4n) is 4.46. The molecule has 4 rings (SSSR count). The lowest BCUT2D eigenvalue weighted by atomic mass is 9.74. The number of carboxylic acid groups (broad SMARTS) is 1. The molecular weight excluding hydrogens is 464 g/mol. The molecule has 1 unspecified atom stereocenters. The summed E-state index contributed by atoms with van der Waals surface area (Å²) in [5.41, 5.74) is 0.240. The number of nitrogens with zero attached hydrogens (tertiary/aromatic N) is 3. The van der Waals surface area contributed by atoms with Crippen molar-refractivity contribution in [1.82, 2.24) is 20.1 Å². The Morgan fingerprint density at radius 2 is 2.00 bits per heavy atom. The molecule has 34 heavy (non-hydrogen) atoms. The molecule has 7 nitrogen and oxygen atoms in total. The molecule has 0 aliphatic carbocycles. The van der Waals surface area contributed by atoms with Crippen molar-refractivity contribution < 1.29 is 18.7 Å². The SMILES string of the molecule is Cc1cc(Nc2ccc(F)c(CC3(C(=O)O)CCN(C(C)c4cccc(Cl)c4F)CC3)n2)n[nH]1. The standard InChI is InChI=1S/C24H26ClF2N5O2/c1-14-12-21(31-30-14)29-20-7-6-18(26)19(28-20)13-24(23(33)34)8-10-32(11-9-24)15(2)16-4-3-5-17(25)22(16)27/h3-7,12,15H,8-11,13H2,1-2H3,(H,33,34)(H2,28,29,30,31). The highest BCUT2D eigenvalue weighted by Crippen LogP contribution is 2.39. The van der Waals surface area contributed by atoms with E-state index in [1.807, 2.05) is 18.7 Å². The predicted octanol–water partition coefficient (Wildman–Crippen LogP) is 5.26. The van der Waals surface area contributed by atoms with Crippen LogP contribution in [0.4, 0.5) is 20.4 Å². The molecule has 1 aliphatic heterocycles. The van der Waals surface area contributed by atoms with Gasteiger partial charge in [-0.2, -0.15) is 5.10 Å². The van der Waals surface area contributed by atoms with Crippen molar-refractivity contribution in [1.29, 1.82) is 0 Å². The normalized spacial score (nSPS) is 16.9. The maximum absolute atomic E-state index is 14.6. The Bertz CT molecular complexity index is 1190. The number of hydrogen-bond acceptors (Lipinski definition) is 5. The maximum atomic E-state index is 14.6. The van der Waals surface area contributed by atoms with E-state index in [1.165, 1.54) is 18.2 Å². The predicted molar refractivity (Wildman–Crippen MR) is 125 cm³/mol. The Kier molecular flexibility index (Phi) is 6.86. The molecule has 180 valence electrons. The first-order valence-corrected chi connectivity index (χ1v) is 11.4. The summed E-state index contributed by atoms with van der Waals surface area (Å²) in [6, 6.07) is 9.15. The number of carboxylic acids is 1. The quantitative estimate of drug-likeness (QED) is 0.419. The number of carbonyl (C=O) groups is 1. The van der Waals surface area contributed by atoms with E-state index in [0.29, 0.717) is 30.3 Å². The first-order chi connectivity index (χ1) is 16.2. The largest absolute Gasteiger partial charge is 0.481 e. The fourth-order valence-corrected chi connectivity index (χ4v) is 4.64. The molecule has 1 aliphatic rings. The van der Waals surface area contributed by atoms with E-state index in [-0.39, 0.29) is 36.0 Å². The molecule has 1 atom stereocenters. The van der Waals surface area contributed by atoms with Crippen molar-refractivity contribution in [2.45, 2.75) is 39.2 Å². The summed E-state index contributed by atoms with van der Waals surface area (Å²) >= 11 is 5.93. The van der Waals surface area contributed by atoms with Gasteiger partial charge in [-0.15, -0.1) is 0 Å². The zero-order valence-corrected chi connectivity index (χ0v) is 19.7. The van der Waals surface area contributed by atoms with Crippen LogP contribution >= 0.6 is 11.6 Å². The smallest absolute Gasteiger partial charge is 0.310 e. The van der Waals surface area contributed by atoms with E-state index in [1.54, 1.807) is 18.2 Å². The Balaban J connectivity index is 1.50. The number of aryl methyl sites for hydroxylation is 1. The van der Waals surface area contributed by atoms with Crippen molar-refractivity contribution in [3.05, 3.63) is 70.0 Å². The average Bonchev–Trinajstić information content (AvgIpc) is 3.22. The van der Waals surface area contributed by atoms with Gasteiger partial charge in [0.2, 0.25) is 0 Å². The van der Waals surface area contributed by atoms with Crippen molar-refractivity contribution in [2.24, 2.45) is 5.41 Å². The molecule has 3 heterocycles. The number of rotatable bonds is 7. The number of piperidine rings is 1. The third kappa shape index (κ3) is 4.90. The van der Waals surface area contributed by atoms with Gasteiger partial charge in [-0.25, -0.2) is 13.8 Å². The molecule has 1 fully saturated rings. The molecule has 1 saturated heterocycles. The number of nitrogens with one attached hydrogen (secondary N) is 2. The van der Waals surface area contributed by atoms with Crippen LogP contribution in [0.3, 0.4) is 0 Å². The zero-order chi connectivity index (χ0) is 24.5. The van der Waals surface area contributed by atoms with Crippen LogP contribution in [-0.4, -0.2) is 44.2 Å². The maximum Gasteiger partial charge on any atom is 0.310 e. The van der Waals surface area contributed by atoms with Gasteiger partial charge in [-0.3, -0.25) is 14.8 Å².